The van der Waals surface area contributed by atoms with Gasteiger partial charge < -0.3 is 9.67 Å². The summed E-state index contributed by atoms with van der Waals surface area (Å²) in [5.41, 5.74) is 4.76. The van der Waals surface area contributed by atoms with Crippen molar-refractivity contribution < 1.29 is 9.90 Å². The van der Waals surface area contributed by atoms with Gasteiger partial charge >= 0.3 is 5.97 Å². The molecule has 0 aliphatic rings. The molecule has 138 valence electrons. The van der Waals surface area contributed by atoms with Gasteiger partial charge in [0.25, 0.3) is 0 Å². The Morgan fingerprint density at radius 1 is 1.15 bits per heavy atom. The monoisotopic (exact) mass is 378 g/mol. The van der Waals surface area contributed by atoms with Crippen LogP contribution < -0.4 is 0 Å². The van der Waals surface area contributed by atoms with Gasteiger partial charge in [0.1, 0.15) is 5.82 Å². The fraction of sp³-hybridized carbons (Fsp3) is 0.273. The van der Waals surface area contributed by atoms with E-state index in [1.165, 1.54) is 21.2 Å². The maximum Gasteiger partial charge on any atom is 0.303 e. The van der Waals surface area contributed by atoms with E-state index in [2.05, 4.69) is 41.1 Å². The lowest BCUT2D eigenvalue weighted by molar-refractivity contribution is -0.137. The number of nitrogens with zero attached hydrogens (tertiary/aromatic N) is 2. The van der Waals surface area contributed by atoms with Crippen molar-refractivity contribution >= 4 is 38.4 Å². The first kappa shape index (κ1) is 17.7. The highest BCUT2D eigenvalue weighted by molar-refractivity contribution is 7.17. The molecule has 4 nitrogen and oxygen atoms in total. The van der Waals surface area contributed by atoms with E-state index in [4.69, 9.17) is 10.1 Å². The predicted octanol–water partition coefficient (Wildman–Crippen LogP) is 5.41. The van der Waals surface area contributed by atoms with E-state index < -0.39 is 5.97 Å². The summed E-state index contributed by atoms with van der Waals surface area (Å²) in [7, 11) is 0. The fourth-order valence-electron chi connectivity index (χ4n) is 3.68. The SMILES string of the molecule is Cc1cccc2scc(Cn3c(CCCCC(=O)O)nc4ccccc43)c12. The number of thiophene rings is 1. The van der Waals surface area contributed by atoms with Crippen LogP contribution in [0.3, 0.4) is 0 Å². The van der Waals surface area contributed by atoms with Crippen LogP contribution in [0, 0.1) is 6.92 Å². The van der Waals surface area contributed by atoms with Crippen molar-refractivity contribution in [3.05, 3.63) is 64.8 Å². The van der Waals surface area contributed by atoms with Crippen LogP contribution in [0.15, 0.2) is 47.8 Å². The molecule has 0 saturated heterocycles. The molecule has 2 heterocycles. The number of aromatic nitrogens is 2. The van der Waals surface area contributed by atoms with Crippen LogP contribution in [-0.4, -0.2) is 20.6 Å². The average Bonchev–Trinajstić information content (AvgIpc) is 3.22. The van der Waals surface area contributed by atoms with Crippen molar-refractivity contribution in [2.75, 3.05) is 0 Å². The zero-order valence-electron chi connectivity index (χ0n) is 15.3. The molecule has 5 heteroatoms. The molecular formula is C22H22N2O2S. The maximum absolute atomic E-state index is 10.8. The number of unbranched alkanes of at least 4 members (excludes halogenated alkanes) is 1. The Kier molecular flexibility index (Phi) is 4.94. The van der Waals surface area contributed by atoms with E-state index in [0.717, 1.165) is 36.2 Å². The summed E-state index contributed by atoms with van der Waals surface area (Å²) >= 11 is 1.79. The van der Waals surface area contributed by atoms with Gasteiger partial charge in [-0.2, -0.15) is 0 Å². The molecule has 0 unspecified atom stereocenters. The number of hydrogen-bond acceptors (Lipinski definition) is 3. The number of para-hydroxylation sites is 2. The van der Waals surface area contributed by atoms with Crippen LogP contribution in [0.4, 0.5) is 0 Å². The normalized spacial score (nSPS) is 11.4. The number of aryl methyl sites for hydroxylation is 2. The van der Waals surface area contributed by atoms with Gasteiger partial charge in [0.15, 0.2) is 0 Å². The van der Waals surface area contributed by atoms with E-state index in [1.807, 2.05) is 18.2 Å². The van der Waals surface area contributed by atoms with E-state index >= 15 is 0 Å². The summed E-state index contributed by atoms with van der Waals surface area (Å²) < 4.78 is 3.61. The zero-order valence-corrected chi connectivity index (χ0v) is 16.1. The molecular weight excluding hydrogens is 356 g/mol. The molecule has 0 fully saturated rings. The summed E-state index contributed by atoms with van der Waals surface area (Å²) in [6, 6.07) is 14.7. The molecule has 0 atom stereocenters. The molecule has 0 aliphatic carbocycles. The van der Waals surface area contributed by atoms with Crippen molar-refractivity contribution in [2.45, 2.75) is 39.2 Å². The van der Waals surface area contributed by atoms with Crippen molar-refractivity contribution in [3.63, 3.8) is 0 Å². The first-order chi connectivity index (χ1) is 13.1. The fourth-order valence-corrected chi connectivity index (χ4v) is 4.71. The minimum absolute atomic E-state index is 0.217. The number of imidazole rings is 1. The third kappa shape index (κ3) is 3.60. The van der Waals surface area contributed by atoms with Gasteiger partial charge in [0.2, 0.25) is 0 Å². The lowest BCUT2D eigenvalue weighted by Gasteiger charge is -2.10. The first-order valence-electron chi connectivity index (χ1n) is 9.25. The molecule has 0 spiro atoms. The highest BCUT2D eigenvalue weighted by atomic mass is 32.1. The smallest absolute Gasteiger partial charge is 0.303 e. The lowest BCUT2D eigenvalue weighted by Crippen LogP contribution is -2.06. The number of carbonyl (C=O) groups is 1. The number of benzene rings is 2. The number of carboxylic acids is 1. The second kappa shape index (κ2) is 7.53. The molecule has 4 aromatic rings. The minimum atomic E-state index is -0.733. The molecule has 1 N–H and O–H groups in total. The number of hydrogen-bond donors (Lipinski definition) is 1. The van der Waals surface area contributed by atoms with Crippen molar-refractivity contribution in [1.29, 1.82) is 0 Å². The van der Waals surface area contributed by atoms with Gasteiger partial charge in [0, 0.05) is 22.9 Å². The molecule has 2 aromatic heterocycles. The van der Waals surface area contributed by atoms with E-state index in [-0.39, 0.29) is 6.42 Å². The van der Waals surface area contributed by atoms with Crippen molar-refractivity contribution in [1.82, 2.24) is 9.55 Å². The van der Waals surface area contributed by atoms with Gasteiger partial charge in [-0.1, -0.05) is 24.3 Å². The molecule has 0 radical (unpaired) electrons. The number of rotatable bonds is 7. The van der Waals surface area contributed by atoms with Crippen LogP contribution in [0.25, 0.3) is 21.1 Å². The lowest BCUT2D eigenvalue weighted by atomic mass is 10.1. The minimum Gasteiger partial charge on any atom is -0.481 e. The van der Waals surface area contributed by atoms with Gasteiger partial charge in [-0.3, -0.25) is 4.79 Å². The Balaban J connectivity index is 1.69. The average molecular weight is 378 g/mol. The van der Waals surface area contributed by atoms with E-state index in [1.54, 1.807) is 11.3 Å². The standard InChI is InChI=1S/C22H22N2O2S/c1-15-7-6-10-19-22(15)16(14-27-19)13-24-18-9-3-2-8-17(18)23-20(24)11-4-5-12-21(25)26/h2-3,6-10,14H,4-5,11-13H2,1H3,(H,25,26). The van der Waals surface area contributed by atoms with Crippen LogP contribution in [0.2, 0.25) is 0 Å². The summed E-state index contributed by atoms with van der Waals surface area (Å²) in [5, 5.41) is 12.5. The van der Waals surface area contributed by atoms with Gasteiger partial charge in [-0.25, -0.2) is 4.98 Å². The van der Waals surface area contributed by atoms with Gasteiger partial charge in [0.05, 0.1) is 17.6 Å². The number of carboxylic acid groups (broad SMARTS) is 1. The Bertz CT molecular complexity index is 1110. The third-order valence-corrected chi connectivity index (χ3v) is 5.98. The van der Waals surface area contributed by atoms with E-state index in [0.29, 0.717) is 6.42 Å². The molecule has 0 aliphatic heterocycles. The Morgan fingerprint density at radius 2 is 2.00 bits per heavy atom. The second-order valence-corrected chi connectivity index (χ2v) is 7.82. The van der Waals surface area contributed by atoms with Gasteiger partial charge in [-0.15, -0.1) is 11.3 Å². The summed E-state index contributed by atoms with van der Waals surface area (Å²) in [6.45, 7) is 2.96. The number of fused-ring (bicyclic) bond motifs is 2. The Labute approximate surface area is 162 Å². The third-order valence-electron chi connectivity index (χ3n) is 4.99. The Morgan fingerprint density at radius 3 is 2.85 bits per heavy atom. The van der Waals surface area contributed by atoms with Crippen LogP contribution >= 0.6 is 11.3 Å². The maximum atomic E-state index is 10.8. The summed E-state index contributed by atoms with van der Waals surface area (Å²) in [5.74, 6) is 0.304. The highest BCUT2D eigenvalue weighted by Crippen LogP contribution is 2.30. The van der Waals surface area contributed by atoms with Gasteiger partial charge in [-0.05, 0) is 54.5 Å². The van der Waals surface area contributed by atoms with E-state index in [9.17, 15) is 4.79 Å². The zero-order chi connectivity index (χ0) is 18.8. The highest BCUT2D eigenvalue weighted by Gasteiger charge is 2.14. The summed E-state index contributed by atoms with van der Waals surface area (Å²) in [6.07, 6.45) is 2.52. The van der Waals surface area contributed by atoms with Crippen LogP contribution in [0.1, 0.15) is 36.2 Å². The van der Waals surface area contributed by atoms with Crippen LogP contribution in [0.5, 0.6) is 0 Å². The quantitative estimate of drug-likeness (QED) is 0.438. The second-order valence-electron chi connectivity index (χ2n) is 6.91. The molecule has 27 heavy (non-hydrogen) atoms. The largest absolute Gasteiger partial charge is 0.481 e. The van der Waals surface area contributed by atoms with Crippen molar-refractivity contribution in [3.8, 4) is 0 Å². The molecule has 2 aromatic carbocycles. The molecule has 4 rings (SSSR count). The molecule has 0 saturated carbocycles. The molecule has 0 amide bonds. The van der Waals surface area contributed by atoms with Crippen molar-refractivity contribution in [2.24, 2.45) is 0 Å². The first-order valence-corrected chi connectivity index (χ1v) is 10.1. The molecule has 0 bridgehead atoms. The number of aliphatic carboxylic acids is 1. The topological polar surface area (TPSA) is 55.1 Å². The van der Waals surface area contributed by atoms with Crippen LogP contribution in [-0.2, 0) is 17.8 Å². The summed E-state index contributed by atoms with van der Waals surface area (Å²) in [4.78, 5) is 15.6. The predicted molar refractivity (Wildman–Crippen MR) is 111 cm³/mol. The Hall–Kier alpha value is -2.66.